The molecule has 2 N–H and O–H groups in total. The molecule has 0 saturated carbocycles. The molecule has 4 heteroatoms. The Morgan fingerprint density at radius 1 is 1.44 bits per heavy atom. The largest absolute Gasteiger partial charge is 0.507 e. The van der Waals surface area contributed by atoms with Gasteiger partial charge in [0.25, 0.3) is 5.91 Å². The SMILES string of the molecule is CCC(C)CC(C)NC(=O)c1ccc(I)c(O)c1. The number of hydrogen-bond acceptors (Lipinski definition) is 2. The van der Waals surface area contributed by atoms with Gasteiger partial charge in [0.2, 0.25) is 0 Å². The van der Waals surface area contributed by atoms with Gasteiger partial charge in [-0.3, -0.25) is 4.79 Å². The molecule has 2 unspecified atom stereocenters. The van der Waals surface area contributed by atoms with Crippen LogP contribution in [0.4, 0.5) is 0 Å². The molecule has 0 radical (unpaired) electrons. The summed E-state index contributed by atoms with van der Waals surface area (Å²) < 4.78 is 0.747. The van der Waals surface area contributed by atoms with Crippen LogP contribution in [0.3, 0.4) is 0 Å². The highest BCUT2D eigenvalue weighted by molar-refractivity contribution is 14.1. The summed E-state index contributed by atoms with van der Waals surface area (Å²) in [7, 11) is 0. The van der Waals surface area contributed by atoms with Crippen LogP contribution in [0.1, 0.15) is 44.0 Å². The number of halogens is 1. The van der Waals surface area contributed by atoms with E-state index >= 15 is 0 Å². The normalized spacial score (nSPS) is 14.0. The molecule has 2 atom stereocenters. The third kappa shape index (κ3) is 4.48. The second-order valence-electron chi connectivity index (χ2n) is 4.79. The third-order valence-electron chi connectivity index (χ3n) is 3.04. The molecule has 0 aliphatic rings. The van der Waals surface area contributed by atoms with Crippen LogP contribution >= 0.6 is 22.6 Å². The summed E-state index contributed by atoms with van der Waals surface area (Å²) in [5.74, 6) is 0.626. The molecule has 1 rings (SSSR count). The highest BCUT2D eigenvalue weighted by atomic mass is 127. The second kappa shape index (κ2) is 6.97. The molecule has 0 bridgehead atoms. The average molecular weight is 361 g/mol. The fourth-order valence-corrected chi connectivity index (χ4v) is 2.13. The van der Waals surface area contributed by atoms with Crippen molar-refractivity contribution in [3.05, 3.63) is 27.3 Å². The Morgan fingerprint density at radius 2 is 2.11 bits per heavy atom. The van der Waals surface area contributed by atoms with E-state index in [1.54, 1.807) is 12.1 Å². The maximum absolute atomic E-state index is 12.0. The van der Waals surface area contributed by atoms with E-state index < -0.39 is 0 Å². The molecule has 0 fully saturated rings. The van der Waals surface area contributed by atoms with Gasteiger partial charge in [-0.2, -0.15) is 0 Å². The fourth-order valence-electron chi connectivity index (χ4n) is 1.79. The molecule has 0 aliphatic carbocycles. The Bertz CT molecular complexity index is 420. The van der Waals surface area contributed by atoms with E-state index in [1.807, 2.05) is 29.5 Å². The van der Waals surface area contributed by atoms with Crippen molar-refractivity contribution >= 4 is 28.5 Å². The highest BCUT2D eigenvalue weighted by Gasteiger charge is 2.13. The lowest BCUT2D eigenvalue weighted by Gasteiger charge is -2.17. The molecule has 1 aromatic carbocycles. The first-order valence-corrected chi connectivity index (χ1v) is 7.31. The molecule has 0 aromatic heterocycles. The van der Waals surface area contributed by atoms with Gasteiger partial charge in [-0.15, -0.1) is 0 Å². The van der Waals surface area contributed by atoms with Gasteiger partial charge >= 0.3 is 0 Å². The maximum atomic E-state index is 12.0. The topological polar surface area (TPSA) is 49.3 Å². The Balaban J connectivity index is 2.62. The van der Waals surface area contributed by atoms with Crippen molar-refractivity contribution in [1.29, 1.82) is 0 Å². The Kier molecular flexibility index (Phi) is 5.91. The number of phenolic OH excluding ortho intramolecular Hbond substituents is 1. The summed E-state index contributed by atoms with van der Waals surface area (Å²) >= 11 is 2.03. The average Bonchev–Trinajstić information content (AvgIpc) is 2.32. The molecular weight excluding hydrogens is 341 g/mol. The lowest BCUT2D eigenvalue weighted by Crippen LogP contribution is -2.33. The predicted molar refractivity (Wildman–Crippen MR) is 81.8 cm³/mol. The van der Waals surface area contributed by atoms with E-state index in [0.29, 0.717) is 11.5 Å². The van der Waals surface area contributed by atoms with Crippen LogP contribution in [0.15, 0.2) is 18.2 Å². The van der Waals surface area contributed by atoms with Crippen LogP contribution in [0.2, 0.25) is 0 Å². The molecule has 0 spiro atoms. The van der Waals surface area contributed by atoms with Gasteiger partial charge < -0.3 is 10.4 Å². The number of hydrogen-bond donors (Lipinski definition) is 2. The van der Waals surface area contributed by atoms with Crippen molar-refractivity contribution in [3.63, 3.8) is 0 Å². The molecule has 1 amide bonds. The Hall–Kier alpha value is -0.780. The first-order chi connectivity index (χ1) is 8.43. The van der Waals surface area contributed by atoms with E-state index in [2.05, 4.69) is 19.2 Å². The van der Waals surface area contributed by atoms with Gasteiger partial charge in [0.1, 0.15) is 5.75 Å². The molecule has 0 saturated heterocycles. The number of aromatic hydroxyl groups is 1. The number of nitrogens with one attached hydrogen (secondary N) is 1. The van der Waals surface area contributed by atoms with Crippen LogP contribution in [-0.2, 0) is 0 Å². The van der Waals surface area contributed by atoms with E-state index in [9.17, 15) is 9.90 Å². The lowest BCUT2D eigenvalue weighted by atomic mass is 10.00. The van der Waals surface area contributed by atoms with Gasteiger partial charge in [0.05, 0.1) is 3.57 Å². The molecule has 100 valence electrons. The summed E-state index contributed by atoms with van der Waals surface area (Å²) in [5.41, 5.74) is 0.504. The van der Waals surface area contributed by atoms with E-state index in [1.165, 1.54) is 6.07 Å². The number of carbonyl (C=O) groups excluding carboxylic acids is 1. The molecule has 18 heavy (non-hydrogen) atoms. The minimum absolute atomic E-state index is 0.127. The zero-order chi connectivity index (χ0) is 13.7. The van der Waals surface area contributed by atoms with Crippen molar-refractivity contribution in [2.75, 3.05) is 0 Å². The highest BCUT2D eigenvalue weighted by Crippen LogP contribution is 2.20. The van der Waals surface area contributed by atoms with Crippen LogP contribution in [0.25, 0.3) is 0 Å². The third-order valence-corrected chi connectivity index (χ3v) is 3.95. The van der Waals surface area contributed by atoms with E-state index in [-0.39, 0.29) is 17.7 Å². The smallest absolute Gasteiger partial charge is 0.251 e. The molecule has 0 aliphatic heterocycles. The van der Waals surface area contributed by atoms with Crippen LogP contribution in [0, 0.1) is 9.49 Å². The van der Waals surface area contributed by atoms with Crippen LogP contribution in [0.5, 0.6) is 5.75 Å². The number of amides is 1. The summed E-state index contributed by atoms with van der Waals surface area (Å²) in [6, 6.07) is 5.12. The van der Waals surface area contributed by atoms with Crippen LogP contribution in [-0.4, -0.2) is 17.1 Å². The van der Waals surface area contributed by atoms with E-state index in [4.69, 9.17) is 0 Å². The summed E-state index contributed by atoms with van der Waals surface area (Å²) in [6.45, 7) is 6.34. The Labute approximate surface area is 122 Å². The number of carbonyl (C=O) groups is 1. The first kappa shape index (κ1) is 15.3. The minimum atomic E-state index is -0.127. The molecular formula is C14H20INO2. The van der Waals surface area contributed by atoms with Gasteiger partial charge in [0, 0.05) is 11.6 Å². The first-order valence-electron chi connectivity index (χ1n) is 6.23. The Morgan fingerprint density at radius 3 is 2.67 bits per heavy atom. The van der Waals surface area contributed by atoms with Crippen molar-refractivity contribution in [2.45, 2.75) is 39.7 Å². The monoisotopic (exact) mass is 361 g/mol. The van der Waals surface area contributed by atoms with Gasteiger partial charge in [-0.25, -0.2) is 0 Å². The molecule has 1 aromatic rings. The maximum Gasteiger partial charge on any atom is 0.251 e. The van der Waals surface area contributed by atoms with Crippen molar-refractivity contribution in [1.82, 2.24) is 5.32 Å². The summed E-state index contributed by atoms with van der Waals surface area (Å²) in [4.78, 5) is 12.0. The zero-order valence-corrected chi connectivity index (χ0v) is 13.2. The van der Waals surface area contributed by atoms with Crippen LogP contribution < -0.4 is 5.32 Å². The van der Waals surface area contributed by atoms with Crippen molar-refractivity contribution < 1.29 is 9.90 Å². The summed E-state index contributed by atoms with van der Waals surface area (Å²) in [6.07, 6.45) is 2.09. The second-order valence-corrected chi connectivity index (χ2v) is 5.95. The minimum Gasteiger partial charge on any atom is -0.507 e. The number of benzene rings is 1. The molecule has 0 heterocycles. The van der Waals surface area contributed by atoms with E-state index in [0.717, 1.165) is 16.4 Å². The predicted octanol–water partition coefficient (Wildman–Crippen LogP) is 3.55. The zero-order valence-electron chi connectivity index (χ0n) is 11.0. The number of rotatable bonds is 5. The lowest BCUT2D eigenvalue weighted by molar-refractivity contribution is 0.0935. The molecule has 3 nitrogen and oxygen atoms in total. The summed E-state index contributed by atoms with van der Waals surface area (Å²) in [5, 5.41) is 12.5. The van der Waals surface area contributed by atoms with Crippen molar-refractivity contribution in [2.24, 2.45) is 5.92 Å². The van der Waals surface area contributed by atoms with Gasteiger partial charge in [0.15, 0.2) is 0 Å². The number of phenols is 1. The van der Waals surface area contributed by atoms with Crippen molar-refractivity contribution in [3.8, 4) is 5.75 Å². The quantitative estimate of drug-likeness (QED) is 0.788. The van der Waals surface area contributed by atoms with Gasteiger partial charge in [-0.1, -0.05) is 20.3 Å². The fraction of sp³-hybridized carbons (Fsp3) is 0.500. The van der Waals surface area contributed by atoms with Gasteiger partial charge in [-0.05, 0) is 60.1 Å². The standard InChI is InChI=1S/C14H20INO2/c1-4-9(2)7-10(3)16-14(18)11-5-6-12(15)13(17)8-11/h5-6,8-10,17H,4,7H2,1-3H3,(H,16,18).